The van der Waals surface area contributed by atoms with Crippen LogP contribution in [0.5, 0.6) is 0 Å². The van der Waals surface area contributed by atoms with Crippen LogP contribution in [0.4, 0.5) is 0 Å². The van der Waals surface area contributed by atoms with Gasteiger partial charge in [0, 0.05) is 6.42 Å². The fourth-order valence-electron chi connectivity index (χ4n) is 3.77. The van der Waals surface area contributed by atoms with Crippen LogP contribution in [-0.2, 0) is 11.8 Å². The van der Waals surface area contributed by atoms with Crippen LogP contribution in [0.3, 0.4) is 0 Å². The summed E-state index contributed by atoms with van der Waals surface area (Å²) in [5.41, 5.74) is 3.29. The lowest BCUT2D eigenvalue weighted by atomic mass is 9.59. The van der Waals surface area contributed by atoms with Gasteiger partial charge >= 0.3 is 0 Å². The predicted octanol–water partition coefficient (Wildman–Crippen LogP) is 4.09. The molecule has 0 amide bonds. The van der Waals surface area contributed by atoms with E-state index in [9.17, 15) is 0 Å². The van der Waals surface area contributed by atoms with Gasteiger partial charge in [0.05, 0.1) is 6.26 Å². The number of hydrogen-bond acceptors (Lipinski definition) is 1. The zero-order valence-electron chi connectivity index (χ0n) is 10.4. The van der Waals surface area contributed by atoms with Gasteiger partial charge in [-0.15, -0.1) is 0 Å². The number of rotatable bonds is 0. The van der Waals surface area contributed by atoms with Gasteiger partial charge in [-0.1, -0.05) is 25.5 Å². The Hall–Kier alpha value is -0.980. The normalized spacial score (nSPS) is 31.6. The van der Waals surface area contributed by atoms with Gasteiger partial charge in [0.15, 0.2) is 0 Å². The summed E-state index contributed by atoms with van der Waals surface area (Å²) < 4.78 is 5.66. The molecule has 1 heteroatoms. The molecule has 0 spiro atoms. The van der Waals surface area contributed by atoms with Crippen molar-refractivity contribution in [2.24, 2.45) is 11.8 Å². The highest BCUT2D eigenvalue weighted by Crippen LogP contribution is 2.49. The Morgan fingerprint density at radius 3 is 2.94 bits per heavy atom. The van der Waals surface area contributed by atoms with E-state index in [1.165, 1.54) is 24.2 Å². The summed E-state index contributed by atoms with van der Waals surface area (Å²) in [4.78, 5) is 0. The van der Waals surface area contributed by atoms with Crippen molar-refractivity contribution >= 4 is 0 Å². The summed E-state index contributed by atoms with van der Waals surface area (Å²) in [6, 6.07) is 2.18. The second kappa shape index (κ2) is 3.26. The van der Waals surface area contributed by atoms with Crippen LogP contribution in [-0.4, -0.2) is 0 Å². The standard InChI is InChI=1S/C15H20O/c1-10-4-5-12-11(8-10)9-14-13(6-7-16-14)15(12,2)3/h4,6-7,11-12H,5,8-9H2,1-3H3/t11-,12+/m0/s1. The summed E-state index contributed by atoms with van der Waals surface area (Å²) in [5.74, 6) is 2.82. The molecule has 0 radical (unpaired) electrons. The number of furan rings is 1. The highest BCUT2D eigenvalue weighted by atomic mass is 16.3. The highest BCUT2D eigenvalue weighted by Gasteiger charge is 2.44. The topological polar surface area (TPSA) is 13.1 Å². The Balaban J connectivity index is 2.05. The van der Waals surface area contributed by atoms with Crippen molar-refractivity contribution in [3.63, 3.8) is 0 Å². The molecule has 0 saturated carbocycles. The first-order valence-electron chi connectivity index (χ1n) is 6.31. The maximum atomic E-state index is 5.66. The second-order valence-electron chi connectivity index (χ2n) is 6.04. The quantitative estimate of drug-likeness (QED) is 0.595. The van der Waals surface area contributed by atoms with Gasteiger partial charge < -0.3 is 4.42 Å². The van der Waals surface area contributed by atoms with Gasteiger partial charge in [-0.2, -0.15) is 0 Å². The van der Waals surface area contributed by atoms with Crippen LogP contribution in [0.15, 0.2) is 28.4 Å². The maximum Gasteiger partial charge on any atom is 0.107 e. The summed E-state index contributed by atoms with van der Waals surface area (Å²) in [6.45, 7) is 7.03. The third-order valence-corrected chi connectivity index (χ3v) is 4.69. The molecule has 1 aromatic rings. The third kappa shape index (κ3) is 1.30. The summed E-state index contributed by atoms with van der Waals surface area (Å²) in [6.07, 6.45) is 7.95. The van der Waals surface area contributed by atoms with Gasteiger partial charge in [-0.05, 0) is 48.6 Å². The van der Waals surface area contributed by atoms with E-state index in [0.717, 1.165) is 18.3 Å². The smallest absolute Gasteiger partial charge is 0.107 e. The molecule has 16 heavy (non-hydrogen) atoms. The van der Waals surface area contributed by atoms with E-state index in [1.54, 1.807) is 5.57 Å². The largest absolute Gasteiger partial charge is 0.469 e. The minimum Gasteiger partial charge on any atom is -0.469 e. The molecule has 1 aromatic heterocycles. The zero-order valence-corrected chi connectivity index (χ0v) is 10.4. The van der Waals surface area contributed by atoms with Crippen molar-refractivity contribution in [1.82, 2.24) is 0 Å². The maximum absolute atomic E-state index is 5.66. The molecule has 2 atom stereocenters. The van der Waals surface area contributed by atoms with Crippen LogP contribution < -0.4 is 0 Å². The van der Waals surface area contributed by atoms with Crippen molar-refractivity contribution in [3.8, 4) is 0 Å². The predicted molar refractivity (Wildman–Crippen MR) is 65.4 cm³/mol. The molecule has 1 nitrogen and oxygen atoms in total. The van der Waals surface area contributed by atoms with Gasteiger partial charge in [-0.25, -0.2) is 0 Å². The molecular formula is C15H20O. The third-order valence-electron chi connectivity index (χ3n) is 4.69. The Bertz CT molecular complexity index is 436. The Morgan fingerprint density at radius 1 is 1.31 bits per heavy atom. The molecule has 3 rings (SSSR count). The van der Waals surface area contributed by atoms with Crippen molar-refractivity contribution in [2.75, 3.05) is 0 Å². The fourth-order valence-corrected chi connectivity index (χ4v) is 3.77. The van der Waals surface area contributed by atoms with Gasteiger partial charge in [-0.3, -0.25) is 0 Å². The summed E-state index contributed by atoms with van der Waals surface area (Å²) in [7, 11) is 0. The molecule has 0 aromatic carbocycles. The molecule has 0 saturated heterocycles. The SMILES string of the molecule is CC1=CC[C@@H]2[C@@H](C1)Cc1occc1C2(C)C. The lowest BCUT2D eigenvalue weighted by molar-refractivity contribution is 0.169. The average Bonchev–Trinajstić information content (AvgIpc) is 2.65. The van der Waals surface area contributed by atoms with Gasteiger partial charge in [0.2, 0.25) is 0 Å². The summed E-state index contributed by atoms with van der Waals surface area (Å²) >= 11 is 0. The van der Waals surface area contributed by atoms with E-state index in [-0.39, 0.29) is 5.41 Å². The number of allylic oxidation sites excluding steroid dienone is 2. The zero-order chi connectivity index (χ0) is 11.3. The average molecular weight is 216 g/mol. The van der Waals surface area contributed by atoms with Crippen molar-refractivity contribution < 1.29 is 4.42 Å². The van der Waals surface area contributed by atoms with Crippen LogP contribution >= 0.6 is 0 Å². The van der Waals surface area contributed by atoms with E-state index >= 15 is 0 Å². The Kier molecular flexibility index (Phi) is 2.07. The second-order valence-corrected chi connectivity index (χ2v) is 6.04. The molecule has 0 bridgehead atoms. The van der Waals surface area contributed by atoms with Crippen molar-refractivity contribution in [2.45, 2.75) is 45.4 Å². The molecule has 0 aliphatic heterocycles. The molecular weight excluding hydrogens is 196 g/mol. The van der Waals surface area contributed by atoms with Gasteiger partial charge in [0.25, 0.3) is 0 Å². The number of hydrogen-bond donors (Lipinski definition) is 0. The van der Waals surface area contributed by atoms with Crippen molar-refractivity contribution in [1.29, 1.82) is 0 Å². The fraction of sp³-hybridized carbons (Fsp3) is 0.600. The Morgan fingerprint density at radius 2 is 2.12 bits per heavy atom. The van der Waals surface area contributed by atoms with Crippen molar-refractivity contribution in [3.05, 3.63) is 35.3 Å². The first kappa shape index (κ1) is 10.2. The first-order chi connectivity index (χ1) is 7.59. The van der Waals surface area contributed by atoms with E-state index < -0.39 is 0 Å². The van der Waals surface area contributed by atoms with Crippen LogP contribution in [0.2, 0.25) is 0 Å². The first-order valence-corrected chi connectivity index (χ1v) is 6.31. The molecule has 0 unspecified atom stereocenters. The Labute approximate surface area is 97.5 Å². The van der Waals surface area contributed by atoms with Crippen LogP contribution in [0.1, 0.15) is 44.9 Å². The van der Waals surface area contributed by atoms with Crippen LogP contribution in [0, 0.1) is 11.8 Å². The van der Waals surface area contributed by atoms with E-state index in [0.29, 0.717) is 0 Å². The number of fused-ring (bicyclic) bond motifs is 2. The minimum atomic E-state index is 0.280. The molecule has 0 fully saturated rings. The van der Waals surface area contributed by atoms with E-state index in [1.807, 2.05) is 6.26 Å². The molecule has 1 heterocycles. The van der Waals surface area contributed by atoms with E-state index in [2.05, 4.69) is 32.9 Å². The monoisotopic (exact) mass is 216 g/mol. The molecule has 2 aliphatic rings. The lowest BCUT2D eigenvalue weighted by Crippen LogP contribution is -2.40. The van der Waals surface area contributed by atoms with E-state index in [4.69, 9.17) is 4.42 Å². The van der Waals surface area contributed by atoms with Gasteiger partial charge in [0.1, 0.15) is 5.76 Å². The molecule has 86 valence electrons. The van der Waals surface area contributed by atoms with Crippen LogP contribution in [0.25, 0.3) is 0 Å². The highest BCUT2D eigenvalue weighted by molar-refractivity contribution is 5.33. The molecule has 2 aliphatic carbocycles. The summed E-state index contributed by atoms with van der Waals surface area (Å²) in [5, 5.41) is 0. The molecule has 0 N–H and O–H groups in total. The minimum absolute atomic E-state index is 0.280. The lowest BCUT2D eigenvalue weighted by Gasteiger charge is -2.45.